The lowest BCUT2D eigenvalue weighted by atomic mass is 10.2. The summed E-state index contributed by atoms with van der Waals surface area (Å²) in [6, 6.07) is 12.9. The fraction of sp³-hybridized carbons (Fsp3) is 0.0625. The van der Waals surface area contributed by atoms with Gasteiger partial charge in [0, 0.05) is 10.4 Å². The first-order valence-electron chi connectivity index (χ1n) is 6.48. The van der Waals surface area contributed by atoms with Crippen LogP contribution >= 0.6 is 34.8 Å². The number of anilines is 1. The van der Waals surface area contributed by atoms with Gasteiger partial charge in [0.05, 0.1) is 15.7 Å². The summed E-state index contributed by atoms with van der Waals surface area (Å²) in [5, 5.41) is 6.57. The Morgan fingerprint density at radius 1 is 1.05 bits per heavy atom. The van der Waals surface area contributed by atoms with Crippen LogP contribution in [0.1, 0.15) is 12.7 Å². The number of nitrogens with one attached hydrogen (secondary N) is 1. The molecule has 0 aliphatic heterocycles. The Morgan fingerprint density at radius 3 is 2.41 bits per heavy atom. The van der Waals surface area contributed by atoms with Crippen molar-refractivity contribution in [2.45, 2.75) is 6.92 Å². The highest BCUT2D eigenvalue weighted by molar-refractivity contribution is 6.41. The number of rotatable bonds is 3. The van der Waals surface area contributed by atoms with E-state index in [1.165, 1.54) is 0 Å². The molecule has 3 aromatic rings. The van der Waals surface area contributed by atoms with Crippen LogP contribution in [0.25, 0.3) is 11.0 Å². The van der Waals surface area contributed by atoms with Gasteiger partial charge in [-0.1, -0.05) is 53.0 Å². The third-order valence-corrected chi connectivity index (χ3v) is 3.94. The lowest BCUT2D eigenvalue weighted by Crippen LogP contribution is -1.99. The molecule has 0 aliphatic rings. The smallest absolute Gasteiger partial charge is 0.151 e. The average Bonchev–Trinajstić information content (AvgIpc) is 2.89. The van der Waals surface area contributed by atoms with Gasteiger partial charge >= 0.3 is 0 Å². The van der Waals surface area contributed by atoms with Crippen molar-refractivity contribution >= 4 is 57.2 Å². The molecule has 2 aromatic carbocycles. The van der Waals surface area contributed by atoms with Crippen molar-refractivity contribution in [1.29, 1.82) is 0 Å². The summed E-state index contributed by atoms with van der Waals surface area (Å²) >= 11 is 18.1. The Kier molecular flexibility index (Phi) is 4.30. The molecule has 0 amide bonds. The second-order valence-electron chi connectivity index (χ2n) is 4.70. The van der Waals surface area contributed by atoms with Gasteiger partial charge in [-0.3, -0.25) is 5.43 Å². The van der Waals surface area contributed by atoms with Crippen molar-refractivity contribution in [3.63, 3.8) is 0 Å². The van der Waals surface area contributed by atoms with Gasteiger partial charge in [-0.05, 0) is 31.2 Å². The Morgan fingerprint density at radius 2 is 1.73 bits per heavy atom. The first-order chi connectivity index (χ1) is 10.5. The van der Waals surface area contributed by atoms with E-state index < -0.39 is 0 Å². The Balaban J connectivity index is 1.89. The van der Waals surface area contributed by atoms with E-state index in [0.717, 1.165) is 11.0 Å². The lowest BCUT2D eigenvalue weighted by molar-refractivity contribution is 0.604. The van der Waals surface area contributed by atoms with E-state index in [0.29, 0.717) is 32.2 Å². The Labute approximate surface area is 142 Å². The van der Waals surface area contributed by atoms with Gasteiger partial charge in [-0.25, -0.2) is 0 Å². The number of fused-ring (bicyclic) bond motifs is 1. The molecule has 0 spiro atoms. The first-order valence-corrected chi connectivity index (χ1v) is 7.62. The monoisotopic (exact) mass is 352 g/mol. The second kappa shape index (κ2) is 6.21. The van der Waals surface area contributed by atoms with E-state index in [1.807, 2.05) is 37.3 Å². The minimum atomic E-state index is 0.402. The van der Waals surface area contributed by atoms with Crippen LogP contribution in [0.2, 0.25) is 15.1 Å². The molecule has 6 heteroatoms. The number of para-hydroxylation sites is 1. The van der Waals surface area contributed by atoms with Gasteiger partial charge < -0.3 is 4.42 Å². The second-order valence-corrected chi connectivity index (χ2v) is 5.95. The minimum Gasteiger partial charge on any atom is -0.455 e. The van der Waals surface area contributed by atoms with Gasteiger partial charge in [0.15, 0.2) is 5.76 Å². The molecule has 112 valence electrons. The predicted octanol–water partition coefficient (Wildman–Crippen LogP) is 6.23. The van der Waals surface area contributed by atoms with Crippen molar-refractivity contribution in [2.75, 3.05) is 5.43 Å². The van der Waals surface area contributed by atoms with Crippen LogP contribution in [-0.2, 0) is 0 Å². The molecule has 0 saturated carbocycles. The van der Waals surface area contributed by atoms with E-state index in [2.05, 4.69) is 10.5 Å². The number of nitrogens with zero attached hydrogens (tertiary/aromatic N) is 1. The molecule has 1 N–H and O–H groups in total. The van der Waals surface area contributed by atoms with Crippen LogP contribution in [-0.4, -0.2) is 5.71 Å². The summed E-state index contributed by atoms with van der Waals surface area (Å²) < 4.78 is 5.74. The summed E-state index contributed by atoms with van der Waals surface area (Å²) in [5.41, 5.74) is 4.85. The van der Waals surface area contributed by atoms with Crippen molar-refractivity contribution < 1.29 is 4.42 Å². The highest BCUT2D eigenvalue weighted by Crippen LogP contribution is 2.33. The number of hydrogen-bond acceptors (Lipinski definition) is 3. The molecule has 22 heavy (non-hydrogen) atoms. The zero-order chi connectivity index (χ0) is 15.7. The molecule has 1 aromatic heterocycles. The highest BCUT2D eigenvalue weighted by Gasteiger charge is 2.09. The molecular weight excluding hydrogens is 343 g/mol. The summed E-state index contributed by atoms with van der Waals surface area (Å²) in [5.74, 6) is 0.676. The van der Waals surface area contributed by atoms with E-state index >= 15 is 0 Å². The molecule has 0 atom stereocenters. The van der Waals surface area contributed by atoms with E-state index in [-0.39, 0.29) is 0 Å². The molecule has 3 nitrogen and oxygen atoms in total. The SMILES string of the molecule is C/C(=N\Nc1c(Cl)cc(Cl)cc1Cl)c1cc2ccccc2o1. The van der Waals surface area contributed by atoms with Crippen LogP contribution < -0.4 is 5.43 Å². The summed E-state index contributed by atoms with van der Waals surface area (Å²) in [6.45, 7) is 1.84. The molecule has 0 aliphatic carbocycles. The van der Waals surface area contributed by atoms with Crippen molar-refractivity contribution in [3.8, 4) is 0 Å². The fourth-order valence-corrected chi connectivity index (χ4v) is 2.91. The van der Waals surface area contributed by atoms with Crippen molar-refractivity contribution in [3.05, 3.63) is 63.3 Å². The van der Waals surface area contributed by atoms with Crippen LogP contribution in [0.5, 0.6) is 0 Å². The maximum absolute atomic E-state index is 6.10. The van der Waals surface area contributed by atoms with Gasteiger partial charge in [0.25, 0.3) is 0 Å². The maximum atomic E-state index is 6.10. The highest BCUT2D eigenvalue weighted by atomic mass is 35.5. The van der Waals surface area contributed by atoms with Gasteiger partial charge in [-0.2, -0.15) is 5.10 Å². The Bertz CT molecular complexity index is 815. The molecule has 0 radical (unpaired) electrons. The molecule has 0 fully saturated rings. The normalized spacial score (nSPS) is 11.9. The van der Waals surface area contributed by atoms with Gasteiger partial charge in [0.2, 0.25) is 0 Å². The lowest BCUT2D eigenvalue weighted by Gasteiger charge is -2.07. The zero-order valence-corrected chi connectivity index (χ0v) is 13.8. The van der Waals surface area contributed by atoms with E-state index in [4.69, 9.17) is 39.2 Å². The first kappa shape index (κ1) is 15.2. The summed E-state index contributed by atoms with van der Waals surface area (Å²) in [6.07, 6.45) is 0. The summed E-state index contributed by atoms with van der Waals surface area (Å²) in [4.78, 5) is 0. The predicted molar refractivity (Wildman–Crippen MR) is 93.5 cm³/mol. The average molecular weight is 354 g/mol. The number of halogens is 3. The van der Waals surface area contributed by atoms with E-state index in [9.17, 15) is 0 Å². The van der Waals surface area contributed by atoms with Crippen LogP contribution in [0.4, 0.5) is 5.69 Å². The molecule has 0 saturated heterocycles. The quantitative estimate of drug-likeness (QED) is 0.447. The molecular formula is C16H11Cl3N2O. The maximum Gasteiger partial charge on any atom is 0.151 e. The van der Waals surface area contributed by atoms with Crippen LogP contribution in [0.15, 0.2) is 52.0 Å². The molecule has 0 bridgehead atoms. The number of furan rings is 1. The van der Waals surface area contributed by atoms with Crippen molar-refractivity contribution in [2.24, 2.45) is 5.10 Å². The topological polar surface area (TPSA) is 37.5 Å². The third-order valence-electron chi connectivity index (χ3n) is 3.12. The van der Waals surface area contributed by atoms with E-state index in [1.54, 1.807) is 12.1 Å². The Hall–Kier alpha value is -1.68. The fourth-order valence-electron chi connectivity index (χ4n) is 2.00. The molecule has 0 unspecified atom stereocenters. The van der Waals surface area contributed by atoms with Gasteiger partial charge in [0.1, 0.15) is 11.3 Å². The van der Waals surface area contributed by atoms with Gasteiger partial charge in [-0.15, -0.1) is 0 Å². The largest absolute Gasteiger partial charge is 0.455 e. The number of benzene rings is 2. The number of hydrazone groups is 1. The zero-order valence-electron chi connectivity index (χ0n) is 11.5. The van der Waals surface area contributed by atoms with Crippen LogP contribution in [0.3, 0.4) is 0 Å². The molecule has 3 rings (SSSR count). The summed E-state index contributed by atoms with van der Waals surface area (Å²) in [7, 11) is 0. The standard InChI is InChI=1S/C16H11Cl3N2O/c1-9(15-6-10-4-2-3-5-14(10)22-15)20-21-16-12(18)7-11(17)8-13(16)19/h2-8,21H,1H3/b20-9+. The third kappa shape index (κ3) is 3.07. The number of hydrogen-bond donors (Lipinski definition) is 1. The minimum absolute atomic E-state index is 0.402. The van der Waals surface area contributed by atoms with Crippen molar-refractivity contribution in [1.82, 2.24) is 0 Å². The molecule has 1 heterocycles. The van der Waals surface area contributed by atoms with Crippen LogP contribution in [0, 0.1) is 0 Å².